The van der Waals surface area contributed by atoms with Crippen molar-refractivity contribution in [2.75, 3.05) is 25.5 Å². The van der Waals surface area contributed by atoms with Gasteiger partial charge in [0.05, 0.1) is 0 Å². The predicted octanol–water partition coefficient (Wildman–Crippen LogP) is 1.30. The number of aromatic nitrogens is 2. The van der Waals surface area contributed by atoms with E-state index in [-0.39, 0.29) is 0 Å². The molecule has 2 rings (SSSR count). The van der Waals surface area contributed by atoms with Gasteiger partial charge in [0, 0.05) is 19.7 Å². The van der Waals surface area contributed by atoms with Gasteiger partial charge in [-0.3, -0.25) is 0 Å². The van der Waals surface area contributed by atoms with Crippen molar-refractivity contribution >= 4 is 5.95 Å². The van der Waals surface area contributed by atoms with Crippen LogP contribution in [-0.2, 0) is 6.42 Å². The number of nitrogens with two attached hydrogens (primary N) is 1. The molecule has 2 N–H and O–H groups in total. The van der Waals surface area contributed by atoms with E-state index in [1.165, 1.54) is 5.56 Å². The van der Waals surface area contributed by atoms with Crippen LogP contribution in [-0.4, -0.2) is 30.8 Å². The van der Waals surface area contributed by atoms with Crippen LogP contribution in [0.3, 0.4) is 0 Å². The van der Waals surface area contributed by atoms with E-state index in [0.717, 1.165) is 12.0 Å². The SMILES string of the molecule is CN(C)c1noc(-c2ccc(CCN)cc2)n1. The number of nitrogens with zero attached hydrogens (tertiary/aromatic N) is 3. The van der Waals surface area contributed by atoms with Crippen LogP contribution >= 0.6 is 0 Å². The highest BCUT2D eigenvalue weighted by Crippen LogP contribution is 2.19. The first-order chi connectivity index (χ1) is 8.20. The van der Waals surface area contributed by atoms with Crippen LogP contribution in [0.2, 0.25) is 0 Å². The predicted molar refractivity (Wildman–Crippen MR) is 66.8 cm³/mol. The molecule has 0 amide bonds. The monoisotopic (exact) mass is 232 g/mol. The fraction of sp³-hybridized carbons (Fsp3) is 0.333. The first-order valence-electron chi connectivity index (χ1n) is 5.51. The Labute approximate surface area is 100 Å². The van der Waals surface area contributed by atoms with Gasteiger partial charge in [0.1, 0.15) is 0 Å². The van der Waals surface area contributed by atoms with E-state index in [1.54, 1.807) is 4.90 Å². The molecule has 5 heteroatoms. The molecule has 0 aliphatic rings. The lowest BCUT2D eigenvalue weighted by Gasteiger charge is -2.02. The minimum atomic E-state index is 0.535. The summed E-state index contributed by atoms with van der Waals surface area (Å²) in [5, 5.41) is 3.87. The summed E-state index contributed by atoms with van der Waals surface area (Å²) in [6.07, 6.45) is 0.882. The maximum Gasteiger partial charge on any atom is 0.265 e. The van der Waals surface area contributed by atoms with Gasteiger partial charge in [-0.05, 0) is 35.8 Å². The van der Waals surface area contributed by atoms with E-state index in [2.05, 4.69) is 10.1 Å². The summed E-state index contributed by atoms with van der Waals surface area (Å²) in [5.41, 5.74) is 7.63. The molecule has 0 radical (unpaired) electrons. The largest absolute Gasteiger partial charge is 0.344 e. The second-order valence-corrected chi connectivity index (χ2v) is 4.03. The Bertz CT molecular complexity index is 476. The quantitative estimate of drug-likeness (QED) is 0.860. The summed E-state index contributed by atoms with van der Waals surface area (Å²) in [5.74, 6) is 1.11. The van der Waals surface area contributed by atoms with Crippen molar-refractivity contribution in [1.82, 2.24) is 10.1 Å². The molecular weight excluding hydrogens is 216 g/mol. The molecule has 0 saturated carbocycles. The maximum absolute atomic E-state index is 5.50. The molecule has 0 unspecified atom stereocenters. The molecule has 1 heterocycles. The molecule has 1 aromatic heterocycles. The van der Waals surface area contributed by atoms with Crippen molar-refractivity contribution in [1.29, 1.82) is 0 Å². The van der Waals surface area contributed by atoms with Gasteiger partial charge in [-0.25, -0.2) is 0 Å². The average Bonchev–Trinajstić information content (AvgIpc) is 2.80. The van der Waals surface area contributed by atoms with Gasteiger partial charge in [-0.15, -0.1) is 0 Å². The molecule has 0 aliphatic heterocycles. The highest BCUT2D eigenvalue weighted by Gasteiger charge is 2.09. The van der Waals surface area contributed by atoms with E-state index in [4.69, 9.17) is 10.3 Å². The number of benzene rings is 1. The van der Waals surface area contributed by atoms with Crippen LogP contribution in [0.1, 0.15) is 5.56 Å². The topological polar surface area (TPSA) is 68.2 Å². The summed E-state index contributed by atoms with van der Waals surface area (Å²) in [4.78, 5) is 6.08. The van der Waals surface area contributed by atoms with Gasteiger partial charge in [-0.2, -0.15) is 4.98 Å². The highest BCUT2D eigenvalue weighted by molar-refractivity contribution is 5.54. The third kappa shape index (κ3) is 2.62. The van der Waals surface area contributed by atoms with Crippen molar-refractivity contribution in [2.45, 2.75) is 6.42 Å². The Morgan fingerprint density at radius 3 is 2.47 bits per heavy atom. The molecule has 90 valence electrons. The fourth-order valence-electron chi connectivity index (χ4n) is 1.50. The zero-order chi connectivity index (χ0) is 12.3. The summed E-state index contributed by atoms with van der Waals surface area (Å²) in [6.45, 7) is 0.657. The third-order valence-electron chi connectivity index (χ3n) is 2.45. The lowest BCUT2D eigenvalue weighted by molar-refractivity contribution is 0.431. The minimum absolute atomic E-state index is 0.535. The van der Waals surface area contributed by atoms with Gasteiger partial charge in [0.25, 0.3) is 11.8 Å². The van der Waals surface area contributed by atoms with Crippen molar-refractivity contribution in [3.8, 4) is 11.5 Å². The molecule has 5 nitrogen and oxygen atoms in total. The second-order valence-electron chi connectivity index (χ2n) is 4.03. The van der Waals surface area contributed by atoms with Gasteiger partial charge < -0.3 is 15.2 Å². The van der Waals surface area contributed by atoms with E-state index < -0.39 is 0 Å². The minimum Gasteiger partial charge on any atom is -0.344 e. The number of rotatable bonds is 4. The normalized spacial score (nSPS) is 10.5. The van der Waals surface area contributed by atoms with Crippen LogP contribution in [0.4, 0.5) is 5.95 Å². The Morgan fingerprint density at radius 2 is 1.94 bits per heavy atom. The number of hydrogen-bond donors (Lipinski definition) is 1. The van der Waals surface area contributed by atoms with E-state index in [9.17, 15) is 0 Å². The van der Waals surface area contributed by atoms with Gasteiger partial charge >= 0.3 is 0 Å². The van der Waals surface area contributed by atoms with Crippen molar-refractivity contribution in [2.24, 2.45) is 5.73 Å². The molecular formula is C12H16N4O. The van der Waals surface area contributed by atoms with Gasteiger partial charge in [0.15, 0.2) is 0 Å². The molecule has 0 bridgehead atoms. The molecule has 0 spiro atoms. The van der Waals surface area contributed by atoms with Crippen molar-refractivity contribution in [3.63, 3.8) is 0 Å². The molecule has 0 atom stereocenters. The molecule has 2 aromatic rings. The first kappa shape index (κ1) is 11.6. The summed E-state index contributed by atoms with van der Waals surface area (Å²) >= 11 is 0. The Kier molecular flexibility index (Phi) is 3.39. The highest BCUT2D eigenvalue weighted by atomic mass is 16.5. The Hall–Kier alpha value is -1.88. The molecule has 0 fully saturated rings. The summed E-state index contributed by atoms with van der Waals surface area (Å²) in [6, 6.07) is 8.00. The molecule has 1 aromatic carbocycles. The summed E-state index contributed by atoms with van der Waals surface area (Å²) < 4.78 is 5.18. The number of anilines is 1. The van der Waals surface area contributed by atoms with Crippen LogP contribution < -0.4 is 10.6 Å². The van der Waals surface area contributed by atoms with E-state index >= 15 is 0 Å². The Balaban J connectivity index is 2.21. The van der Waals surface area contributed by atoms with Crippen molar-refractivity contribution < 1.29 is 4.52 Å². The van der Waals surface area contributed by atoms with Crippen molar-refractivity contribution in [3.05, 3.63) is 29.8 Å². The smallest absolute Gasteiger partial charge is 0.265 e. The summed E-state index contributed by atoms with van der Waals surface area (Å²) in [7, 11) is 3.75. The third-order valence-corrected chi connectivity index (χ3v) is 2.45. The fourth-order valence-corrected chi connectivity index (χ4v) is 1.50. The van der Waals surface area contributed by atoms with Crippen LogP contribution in [0, 0.1) is 0 Å². The standard InChI is InChI=1S/C12H16N4O/c1-16(2)12-14-11(17-15-12)10-5-3-9(4-6-10)7-8-13/h3-6H,7-8,13H2,1-2H3. The number of hydrogen-bond acceptors (Lipinski definition) is 5. The lowest BCUT2D eigenvalue weighted by Crippen LogP contribution is -2.10. The average molecular weight is 232 g/mol. The molecule has 17 heavy (non-hydrogen) atoms. The Morgan fingerprint density at radius 1 is 1.24 bits per heavy atom. The van der Waals surface area contributed by atoms with E-state index in [1.807, 2.05) is 38.4 Å². The lowest BCUT2D eigenvalue weighted by atomic mass is 10.1. The maximum atomic E-state index is 5.50. The van der Waals surface area contributed by atoms with Crippen LogP contribution in [0.15, 0.2) is 28.8 Å². The molecule has 0 aliphatic carbocycles. The van der Waals surface area contributed by atoms with Gasteiger partial charge in [0.2, 0.25) is 0 Å². The first-order valence-corrected chi connectivity index (χ1v) is 5.51. The second kappa shape index (κ2) is 4.97. The zero-order valence-corrected chi connectivity index (χ0v) is 10.1. The molecule has 0 saturated heterocycles. The van der Waals surface area contributed by atoms with Gasteiger partial charge in [-0.1, -0.05) is 12.1 Å². The zero-order valence-electron chi connectivity index (χ0n) is 10.1. The van der Waals surface area contributed by atoms with E-state index in [0.29, 0.717) is 18.4 Å². The van der Waals surface area contributed by atoms with Crippen LogP contribution in [0.5, 0.6) is 0 Å². The van der Waals surface area contributed by atoms with Crippen LogP contribution in [0.25, 0.3) is 11.5 Å².